The van der Waals surface area contributed by atoms with Gasteiger partial charge in [-0.05, 0) is 24.6 Å². The first-order valence-electron chi connectivity index (χ1n) is 5.19. The predicted molar refractivity (Wildman–Crippen MR) is 69.1 cm³/mol. The standard InChI is InChI=1S/C11H16ClN3O2/c1-3-9(11(13)15-16)14-7-4-5-10(17-2)8(12)6-7/h4-6,9,14,16H,3H2,1-2H3,(H2,13,15). The first kappa shape index (κ1) is 13.4. The molecule has 0 spiro atoms. The molecule has 0 aliphatic carbocycles. The minimum Gasteiger partial charge on any atom is -0.495 e. The van der Waals surface area contributed by atoms with Crippen LogP contribution in [0.3, 0.4) is 0 Å². The Labute approximate surface area is 105 Å². The van der Waals surface area contributed by atoms with Gasteiger partial charge in [0.05, 0.1) is 18.2 Å². The van der Waals surface area contributed by atoms with Crippen molar-refractivity contribution in [2.45, 2.75) is 19.4 Å². The Morgan fingerprint density at radius 1 is 1.65 bits per heavy atom. The van der Waals surface area contributed by atoms with Crippen LogP contribution in [0.15, 0.2) is 23.4 Å². The minimum atomic E-state index is -0.232. The summed E-state index contributed by atoms with van der Waals surface area (Å²) in [6.45, 7) is 1.93. The van der Waals surface area contributed by atoms with Gasteiger partial charge in [0.25, 0.3) is 0 Å². The largest absolute Gasteiger partial charge is 0.495 e. The Hall–Kier alpha value is -1.62. The van der Waals surface area contributed by atoms with Gasteiger partial charge in [-0.2, -0.15) is 0 Å². The lowest BCUT2D eigenvalue weighted by atomic mass is 10.2. The topological polar surface area (TPSA) is 79.9 Å². The van der Waals surface area contributed by atoms with Gasteiger partial charge in [-0.1, -0.05) is 23.7 Å². The molecule has 0 heterocycles. The molecule has 1 unspecified atom stereocenters. The minimum absolute atomic E-state index is 0.138. The zero-order valence-electron chi connectivity index (χ0n) is 9.77. The van der Waals surface area contributed by atoms with E-state index in [1.807, 2.05) is 13.0 Å². The monoisotopic (exact) mass is 257 g/mol. The second-order valence-electron chi connectivity index (χ2n) is 3.48. The van der Waals surface area contributed by atoms with Gasteiger partial charge in [-0.15, -0.1) is 0 Å². The van der Waals surface area contributed by atoms with E-state index in [0.29, 0.717) is 17.2 Å². The van der Waals surface area contributed by atoms with Crippen LogP contribution in [0.25, 0.3) is 0 Å². The summed E-state index contributed by atoms with van der Waals surface area (Å²) in [5.41, 5.74) is 6.34. The second kappa shape index (κ2) is 6.20. The number of amidine groups is 1. The number of nitrogens with one attached hydrogen (secondary N) is 1. The molecule has 0 saturated heterocycles. The molecule has 1 aromatic rings. The molecule has 0 aliphatic rings. The first-order valence-corrected chi connectivity index (χ1v) is 5.57. The molecule has 1 aromatic carbocycles. The number of ether oxygens (including phenoxy) is 1. The molecule has 0 amide bonds. The second-order valence-corrected chi connectivity index (χ2v) is 3.89. The number of hydrogen-bond donors (Lipinski definition) is 3. The molecule has 0 aliphatic heterocycles. The smallest absolute Gasteiger partial charge is 0.161 e. The van der Waals surface area contributed by atoms with E-state index in [1.165, 1.54) is 0 Å². The van der Waals surface area contributed by atoms with Crippen molar-refractivity contribution in [2.24, 2.45) is 10.9 Å². The van der Waals surface area contributed by atoms with Gasteiger partial charge in [0.15, 0.2) is 5.84 Å². The molecule has 0 aromatic heterocycles. The summed E-state index contributed by atoms with van der Waals surface area (Å²) in [7, 11) is 1.56. The van der Waals surface area contributed by atoms with E-state index in [2.05, 4.69) is 10.5 Å². The Balaban J connectivity index is 2.84. The Morgan fingerprint density at radius 2 is 2.35 bits per heavy atom. The quantitative estimate of drug-likeness (QED) is 0.327. The Morgan fingerprint density at radius 3 is 2.82 bits per heavy atom. The maximum Gasteiger partial charge on any atom is 0.161 e. The zero-order valence-corrected chi connectivity index (χ0v) is 10.5. The van der Waals surface area contributed by atoms with E-state index in [0.717, 1.165) is 5.69 Å². The average Bonchev–Trinajstić information content (AvgIpc) is 2.35. The SMILES string of the molecule is CCC(Nc1ccc(OC)c(Cl)c1)/C(N)=N/O. The Bertz CT molecular complexity index is 410. The van der Waals surface area contributed by atoms with Crippen LogP contribution in [-0.2, 0) is 0 Å². The van der Waals surface area contributed by atoms with Crippen LogP contribution in [0.2, 0.25) is 5.02 Å². The lowest BCUT2D eigenvalue weighted by Crippen LogP contribution is -2.35. The van der Waals surface area contributed by atoms with Crippen molar-refractivity contribution in [3.63, 3.8) is 0 Å². The van der Waals surface area contributed by atoms with Crippen LogP contribution in [0.1, 0.15) is 13.3 Å². The summed E-state index contributed by atoms with van der Waals surface area (Å²) in [6, 6.07) is 5.07. The third-order valence-corrected chi connectivity index (χ3v) is 2.67. The zero-order chi connectivity index (χ0) is 12.8. The molecule has 0 fully saturated rings. The number of halogens is 1. The molecule has 0 saturated carbocycles. The van der Waals surface area contributed by atoms with E-state index >= 15 is 0 Å². The van der Waals surface area contributed by atoms with Gasteiger partial charge >= 0.3 is 0 Å². The molecule has 1 rings (SSSR count). The van der Waals surface area contributed by atoms with E-state index in [9.17, 15) is 0 Å². The molecule has 17 heavy (non-hydrogen) atoms. The number of anilines is 1. The van der Waals surface area contributed by atoms with Gasteiger partial charge in [0.2, 0.25) is 0 Å². The van der Waals surface area contributed by atoms with E-state index in [1.54, 1.807) is 19.2 Å². The molecule has 4 N–H and O–H groups in total. The molecule has 5 nitrogen and oxygen atoms in total. The van der Waals surface area contributed by atoms with Crippen LogP contribution >= 0.6 is 11.6 Å². The van der Waals surface area contributed by atoms with Crippen molar-refractivity contribution < 1.29 is 9.94 Å². The summed E-state index contributed by atoms with van der Waals surface area (Å²) in [4.78, 5) is 0. The molecule has 0 bridgehead atoms. The fourth-order valence-corrected chi connectivity index (χ4v) is 1.67. The van der Waals surface area contributed by atoms with E-state index in [4.69, 9.17) is 27.3 Å². The number of methoxy groups -OCH3 is 1. The number of rotatable bonds is 5. The third kappa shape index (κ3) is 3.42. The average molecular weight is 258 g/mol. The molecule has 1 atom stereocenters. The highest BCUT2D eigenvalue weighted by atomic mass is 35.5. The lowest BCUT2D eigenvalue weighted by molar-refractivity contribution is 0.316. The molecular weight excluding hydrogens is 242 g/mol. The first-order chi connectivity index (χ1) is 8.12. The van der Waals surface area contributed by atoms with Crippen LogP contribution in [0, 0.1) is 0 Å². The third-order valence-electron chi connectivity index (χ3n) is 2.37. The van der Waals surface area contributed by atoms with Crippen LogP contribution in [0.5, 0.6) is 5.75 Å². The van der Waals surface area contributed by atoms with Crippen molar-refractivity contribution in [2.75, 3.05) is 12.4 Å². The normalized spacial score (nSPS) is 13.2. The van der Waals surface area contributed by atoms with Gasteiger partial charge in [-0.25, -0.2) is 0 Å². The lowest BCUT2D eigenvalue weighted by Gasteiger charge is -2.17. The summed E-state index contributed by atoms with van der Waals surface area (Å²) >= 11 is 5.99. The summed E-state index contributed by atoms with van der Waals surface area (Å²) in [5.74, 6) is 0.744. The number of benzene rings is 1. The number of nitrogens with zero attached hydrogens (tertiary/aromatic N) is 1. The molecule has 0 radical (unpaired) electrons. The predicted octanol–water partition coefficient (Wildman–Crippen LogP) is 2.29. The van der Waals surface area contributed by atoms with Crippen molar-refractivity contribution in [1.29, 1.82) is 0 Å². The number of hydrogen-bond acceptors (Lipinski definition) is 4. The number of oxime groups is 1. The van der Waals surface area contributed by atoms with E-state index < -0.39 is 0 Å². The fourth-order valence-electron chi connectivity index (χ4n) is 1.41. The maximum absolute atomic E-state index is 8.63. The van der Waals surface area contributed by atoms with Crippen LogP contribution in [-0.4, -0.2) is 24.2 Å². The van der Waals surface area contributed by atoms with E-state index in [-0.39, 0.29) is 11.9 Å². The van der Waals surface area contributed by atoms with Crippen molar-refractivity contribution in [3.8, 4) is 5.75 Å². The summed E-state index contributed by atoms with van der Waals surface area (Å²) in [6.07, 6.45) is 0.694. The fraction of sp³-hybridized carbons (Fsp3) is 0.364. The summed E-state index contributed by atoms with van der Waals surface area (Å²) < 4.78 is 5.05. The molecule has 6 heteroatoms. The van der Waals surface area contributed by atoms with Gasteiger partial charge in [0.1, 0.15) is 5.75 Å². The van der Waals surface area contributed by atoms with Crippen molar-refractivity contribution in [3.05, 3.63) is 23.2 Å². The molecular formula is C11H16ClN3O2. The van der Waals surface area contributed by atoms with Crippen LogP contribution < -0.4 is 15.8 Å². The van der Waals surface area contributed by atoms with Crippen LogP contribution in [0.4, 0.5) is 5.69 Å². The number of nitrogens with two attached hydrogens (primary N) is 1. The highest BCUT2D eigenvalue weighted by molar-refractivity contribution is 6.32. The van der Waals surface area contributed by atoms with Crippen molar-refractivity contribution >= 4 is 23.1 Å². The Kier molecular flexibility index (Phi) is 4.90. The van der Waals surface area contributed by atoms with Gasteiger partial charge in [-0.3, -0.25) is 0 Å². The van der Waals surface area contributed by atoms with Gasteiger partial charge in [0, 0.05) is 5.69 Å². The molecule has 94 valence electrons. The maximum atomic E-state index is 8.63. The highest BCUT2D eigenvalue weighted by Crippen LogP contribution is 2.27. The highest BCUT2D eigenvalue weighted by Gasteiger charge is 2.12. The van der Waals surface area contributed by atoms with Crippen molar-refractivity contribution in [1.82, 2.24) is 0 Å². The summed E-state index contributed by atoms with van der Waals surface area (Å²) in [5, 5.41) is 15.2. The van der Waals surface area contributed by atoms with Gasteiger partial charge < -0.3 is 21.0 Å².